The Kier molecular flexibility index (Phi) is 3.48. The second-order valence-corrected chi connectivity index (χ2v) is 3.71. The van der Waals surface area contributed by atoms with Gasteiger partial charge >= 0.3 is 0 Å². The first-order valence-corrected chi connectivity index (χ1v) is 4.54. The fourth-order valence-electron chi connectivity index (χ4n) is 1.38. The smallest absolute Gasteiger partial charge is 0.0946 e. The molecule has 0 aromatic heterocycles. The van der Waals surface area contributed by atoms with Crippen LogP contribution < -0.4 is 5.32 Å². The van der Waals surface area contributed by atoms with Gasteiger partial charge in [-0.3, -0.25) is 0 Å². The van der Waals surface area contributed by atoms with Gasteiger partial charge in [0, 0.05) is 25.6 Å². The number of hydrogen-bond donors (Lipinski definition) is 1. The molecule has 1 fully saturated rings. The maximum Gasteiger partial charge on any atom is 0.0946 e. The molecule has 5 nitrogen and oxygen atoms in total. The van der Waals surface area contributed by atoms with Gasteiger partial charge in [0.2, 0.25) is 0 Å². The summed E-state index contributed by atoms with van der Waals surface area (Å²) in [4.78, 5) is 5.56. The zero-order valence-corrected chi connectivity index (χ0v) is 8.58. The molecule has 0 saturated carbocycles. The molecule has 0 amide bonds. The maximum absolute atomic E-state index is 8.25. The van der Waals surface area contributed by atoms with E-state index in [1.54, 1.807) is 0 Å². The summed E-state index contributed by atoms with van der Waals surface area (Å²) in [6.45, 7) is 0.725. The van der Waals surface area contributed by atoms with Crippen molar-refractivity contribution in [2.24, 2.45) is 5.11 Å². The van der Waals surface area contributed by atoms with E-state index in [2.05, 4.69) is 15.3 Å². The van der Waals surface area contributed by atoms with Crippen molar-refractivity contribution < 1.29 is 0 Å². The molecule has 1 N–H and O–H groups in total. The first-order valence-electron chi connectivity index (χ1n) is 4.14. The van der Waals surface area contributed by atoms with Gasteiger partial charge in [-0.15, -0.1) is 0 Å². The highest BCUT2D eigenvalue weighted by atomic mass is 32.1. The van der Waals surface area contributed by atoms with Gasteiger partial charge in [0.15, 0.2) is 0 Å². The van der Waals surface area contributed by atoms with E-state index in [1.165, 1.54) is 0 Å². The molecule has 1 rings (SSSR count). The molecule has 1 aliphatic rings. The van der Waals surface area contributed by atoms with Gasteiger partial charge in [0.1, 0.15) is 0 Å². The molecule has 0 unspecified atom stereocenters. The summed E-state index contributed by atoms with van der Waals surface area (Å²) in [6.07, 6.45) is 0.807. The Morgan fingerprint density at radius 2 is 2.38 bits per heavy atom. The quantitative estimate of drug-likeness (QED) is 0.311. The van der Waals surface area contributed by atoms with Crippen LogP contribution in [0.3, 0.4) is 0 Å². The Labute approximate surface area is 82.7 Å². The Morgan fingerprint density at radius 1 is 1.69 bits per heavy atom. The highest BCUT2D eigenvalue weighted by molar-refractivity contribution is 7.80. The number of thiocarbonyl (C=S) groups is 1. The SMILES string of the molecule is CN(C)C(=S)[C@@H]1C[C@@H](N=[N+]=[N-])CN1. The van der Waals surface area contributed by atoms with E-state index < -0.39 is 0 Å². The number of hydrogen-bond acceptors (Lipinski definition) is 3. The minimum absolute atomic E-state index is 0.0490. The molecule has 0 aromatic rings. The van der Waals surface area contributed by atoms with Gasteiger partial charge in [-0.1, -0.05) is 17.3 Å². The monoisotopic (exact) mass is 199 g/mol. The normalized spacial score (nSPS) is 26.6. The Hall–Kier alpha value is -0.840. The summed E-state index contributed by atoms with van der Waals surface area (Å²) < 4.78 is 0. The van der Waals surface area contributed by atoms with Crippen molar-refractivity contribution in [2.45, 2.75) is 18.5 Å². The van der Waals surface area contributed by atoms with Crippen LogP contribution in [-0.4, -0.2) is 42.6 Å². The zero-order chi connectivity index (χ0) is 9.84. The molecule has 0 bridgehead atoms. The summed E-state index contributed by atoms with van der Waals surface area (Å²) in [6, 6.07) is 0.230. The molecule has 0 aromatic carbocycles. The number of nitrogens with one attached hydrogen (secondary N) is 1. The summed E-state index contributed by atoms with van der Waals surface area (Å²) in [5.41, 5.74) is 8.25. The van der Waals surface area contributed by atoms with Crippen molar-refractivity contribution in [3.63, 3.8) is 0 Å². The molecule has 1 heterocycles. The van der Waals surface area contributed by atoms with Crippen molar-refractivity contribution in [1.29, 1.82) is 0 Å². The van der Waals surface area contributed by atoms with Gasteiger partial charge in [-0.05, 0) is 12.0 Å². The van der Waals surface area contributed by atoms with E-state index in [0.717, 1.165) is 18.0 Å². The van der Waals surface area contributed by atoms with Crippen LogP contribution in [0.15, 0.2) is 5.11 Å². The van der Waals surface area contributed by atoms with Gasteiger partial charge in [-0.2, -0.15) is 0 Å². The molecule has 0 radical (unpaired) electrons. The first-order chi connectivity index (χ1) is 6.15. The first kappa shape index (κ1) is 10.2. The molecule has 6 heteroatoms. The van der Waals surface area contributed by atoms with Crippen molar-refractivity contribution >= 4 is 17.2 Å². The number of rotatable bonds is 2. The predicted octanol–water partition coefficient (Wildman–Crippen LogP) is 0.916. The van der Waals surface area contributed by atoms with Crippen molar-refractivity contribution in [2.75, 3.05) is 20.6 Å². The standard InChI is InChI=1S/C7H13N5S/c1-12(2)7(13)6-3-5(4-9-6)10-11-8/h5-6,9H,3-4H2,1-2H3/t5-,6+/m1/s1. The highest BCUT2D eigenvalue weighted by Gasteiger charge is 2.26. The second kappa shape index (κ2) is 4.41. The van der Waals surface area contributed by atoms with Gasteiger partial charge in [-0.25, -0.2) is 0 Å². The second-order valence-electron chi connectivity index (χ2n) is 3.29. The van der Waals surface area contributed by atoms with Crippen LogP contribution in [0.4, 0.5) is 0 Å². The topological polar surface area (TPSA) is 64.0 Å². The Balaban J connectivity index is 2.49. The Bertz CT molecular complexity index is 245. The Morgan fingerprint density at radius 3 is 2.92 bits per heavy atom. The molecule has 72 valence electrons. The molecule has 0 aliphatic carbocycles. The van der Waals surface area contributed by atoms with E-state index in [1.807, 2.05) is 19.0 Å². The van der Waals surface area contributed by atoms with Gasteiger partial charge in [0.05, 0.1) is 17.1 Å². The molecule has 2 atom stereocenters. The lowest BCUT2D eigenvalue weighted by molar-refractivity contribution is 0.581. The van der Waals surface area contributed by atoms with Crippen LogP contribution in [0.5, 0.6) is 0 Å². The minimum atomic E-state index is 0.0490. The van der Waals surface area contributed by atoms with E-state index >= 15 is 0 Å². The van der Waals surface area contributed by atoms with Crippen LogP contribution in [0.25, 0.3) is 10.4 Å². The fraction of sp³-hybridized carbons (Fsp3) is 0.857. The van der Waals surface area contributed by atoms with E-state index in [-0.39, 0.29) is 12.1 Å². The average Bonchev–Trinajstić information content (AvgIpc) is 2.52. The summed E-state index contributed by atoms with van der Waals surface area (Å²) >= 11 is 5.20. The lowest BCUT2D eigenvalue weighted by Gasteiger charge is -2.19. The molecule has 1 saturated heterocycles. The van der Waals surface area contributed by atoms with Crippen molar-refractivity contribution in [3.05, 3.63) is 10.4 Å². The molecule has 1 aliphatic heterocycles. The largest absolute Gasteiger partial charge is 0.371 e. The lowest BCUT2D eigenvalue weighted by atomic mass is 10.2. The summed E-state index contributed by atoms with van der Waals surface area (Å²) in [5.74, 6) is 0. The summed E-state index contributed by atoms with van der Waals surface area (Å²) in [5, 5.41) is 6.88. The van der Waals surface area contributed by atoms with Crippen molar-refractivity contribution in [1.82, 2.24) is 10.2 Å². The van der Waals surface area contributed by atoms with E-state index in [9.17, 15) is 0 Å². The molecule has 0 spiro atoms. The fourth-order valence-corrected chi connectivity index (χ4v) is 1.56. The molecular formula is C7H13N5S. The van der Waals surface area contributed by atoms with Crippen LogP contribution in [0, 0.1) is 0 Å². The number of likely N-dealkylation sites (N-methyl/N-ethyl adjacent to an activating group) is 1. The van der Waals surface area contributed by atoms with Crippen LogP contribution in [-0.2, 0) is 0 Å². The average molecular weight is 199 g/mol. The third-order valence-electron chi connectivity index (χ3n) is 2.06. The molecular weight excluding hydrogens is 186 g/mol. The molecule has 13 heavy (non-hydrogen) atoms. The van der Waals surface area contributed by atoms with Gasteiger partial charge < -0.3 is 10.2 Å². The van der Waals surface area contributed by atoms with Crippen molar-refractivity contribution in [3.8, 4) is 0 Å². The van der Waals surface area contributed by atoms with Crippen LogP contribution in [0.2, 0.25) is 0 Å². The van der Waals surface area contributed by atoms with Crippen LogP contribution >= 0.6 is 12.2 Å². The van der Waals surface area contributed by atoms with E-state index in [4.69, 9.17) is 17.7 Å². The third kappa shape index (κ3) is 2.55. The van der Waals surface area contributed by atoms with Crippen LogP contribution in [0.1, 0.15) is 6.42 Å². The number of nitrogens with zero attached hydrogens (tertiary/aromatic N) is 4. The van der Waals surface area contributed by atoms with E-state index in [0.29, 0.717) is 0 Å². The third-order valence-corrected chi connectivity index (χ3v) is 2.71. The zero-order valence-electron chi connectivity index (χ0n) is 7.77. The predicted molar refractivity (Wildman–Crippen MR) is 55.6 cm³/mol. The number of azide groups is 1. The summed E-state index contributed by atoms with van der Waals surface area (Å²) in [7, 11) is 3.84. The van der Waals surface area contributed by atoms with Gasteiger partial charge in [0.25, 0.3) is 0 Å². The maximum atomic E-state index is 8.25. The lowest BCUT2D eigenvalue weighted by Crippen LogP contribution is -2.38. The minimum Gasteiger partial charge on any atom is -0.371 e. The highest BCUT2D eigenvalue weighted by Crippen LogP contribution is 2.12.